The molecule has 0 aromatic carbocycles. The molecule has 1 heterocycles. The Morgan fingerprint density at radius 1 is 1.54 bits per heavy atom. The van der Waals surface area contributed by atoms with E-state index in [4.69, 9.17) is 5.11 Å². The van der Waals surface area contributed by atoms with Crippen molar-refractivity contribution >= 4 is 12.5 Å². The highest BCUT2D eigenvalue weighted by atomic mass is 16.4. The summed E-state index contributed by atoms with van der Waals surface area (Å²) in [5, 5.41) is 11.8. The second-order valence-electron chi connectivity index (χ2n) is 3.23. The predicted molar refractivity (Wildman–Crippen MR) is 46.4 cm³/mol. The SMILES string of the molecule is O=CN(CC1CCNCC1)C(=O)O. The van der Waals surface area contributed by atoms with Gasteiger partial charge in [-0.05, 0) is 31.8 Å². The minimum absolute atomic E-state index is 0.322. The van der Waals surface area contributed by atoms with Crippen LogP contribution < -0.4 is 5.32 Å². The third-order valence-corrected chi connectivity index (χ3v) is 2.29. The maximum Gasteiger partial charge on any atom is 0.413 e. The Bertz CT molecular complexity index is 190. The molecule has 0 aromatic heterocycles. The highest BCUT2D eigenvalue weighted by molar-refractivity contribution is 5.78. The number of carbonyl (C=O) groups excluding carboxylic acids is 1. The van der Waals surface area contributed by atoms with Gasteiger partial charge < -0.3 is 10.4 Å². The van der Waals surface area contributed by atoms with E-state index in [1.807, 2.05) is 0 Å². The molecule has 1 fully saturated rings. The minimum Gasteiger partial charge on any atom is -0.465 e. The number of hydrogen-bond acceptors (Lipinski definition) is 3. The number of imide groups is 1. The summed E-state index contributed by atoms with van der Waals surface area (Å²) in [6, 6.07) is 0. The number of piperidine rings is 1. The molecule has 0 unspecified atom stereocenters. The van der Waals surface area contributed by atoms with Crippen LogP contribution in [-0.2, 0) is 4.79 Å². The molecule has 0 saturated carbocycles. The van der Waals surface area contributed by atoms with Gasteiger partial charge in [-0.2, -0.15) is 0 Å². The van der Waals surface area contributed by atoms with E-state index in [2.05, 4.69) is 5.32 Å². The lowest BCUT2D eigenvalue weighted by atomic mass is 9.98. The van der Waals surface area contributed by atoms with Gasteiger partial charge in [0.05, 0.1) is 0 Å². The van der Waals surface area contributed by atoms with E-state index in [0.717, 1.165) is 30.8 Å². The van der Waals surface area contributed by atoms with Crippen LogP contribution in [0.2, 0.25) is 0 Å². The summed E-state index contributed by atoms with van der Waals surface area (Å²) in [6.45, 7) is 2.16. The largest absolute Gasteiger partial charge is 0.465 e. The highest BCUT2D eigenvalue weighted by Gasteiger charge is 2.19. The summed E-state index contributed by atoms with van der Waals surface area (Å²) in [6.07, 6.45) is 1.10. The van der Waals surface area contributed by atoms with Gasteiger partial charge in [0.25, 0.3) is 0 Å². The predicted octanol–water partition coefficient (Wildman–Crippen LogP) is 0.122. The van der Waals surface area contributed by atoms with Crippen LogP contribution in [0.3, 0.4) is 0 Å². The standard InChI is InChI=1S/C8H14N2O3/c11-6-10(8(12)13)5-7-1-3-9-4-2-7/h6-7,9H,1-5H2,(H,12,13). The van der Waals surface area contributed by atoms with Crippen molar-refractivity contribution in [1.82, 2.24) is 10.2 Å². The summed E-state index contributed by atoms with van der Waals surface area (Å²) in [5.74, 6) is 0.322. The molecule has 0 aliphatic carbocycles. The number of carboxylic acid groups (broad SMARTS) is 1. The number of rotatable bonds is 3. The molecule has 1 aliphatic heterocycles. The molecule has 1 rings (SSSR count). The maximum absolute atomic E-state index is 10.5. The Morgan fingerprint density at radius 2 is 2.15 bits per heavy atom. The lowest BCUT2D eigenvalue weighted by Crippen LogP contribution is -2.37. The molecule has 5 heteroatoms. The average molecular weight is 186 g/mol. The van der Waals surface area contributed by atoms with Gasteiger partial charge in [0.15, 0.2) is 0 Å². The first-order chi connectivity index (χ1) is 6.24. The van der Waals surface area contributed by atoms with Crippen molar-refractivity contribution in [3.8, 4) is 0 Å². The number of amides is 2. The van der Waals surface area contributed by atoms with Gasteiger partial charge in [0.2, 0.25) is 6.41 Å². The number of nitrogens with one attached hydrogen (secondary N) is 1. The fraction of sp³-hybridized carbons (Fsp3) is 0.750. The van der Waals surface area contributed by atoms with Crippen molar-refractivity contribution in [3.63, 3.8) is 0 Å². The van der Waals surface area contributed by atoms with Gasteiger partial charge in [0, 0.05) is 6.54 Å². The fourth-order valence-electron chi connectivity index (χ4n) is 1.51. The number of nitrogens with zero attached hydrogens (tertiary/aromatic N) is 1. The summed E-state index contributed by atoms with van der Waals surface area (Å²) in [5.41, 5.74) is 0. The van der Waals surface area contributed by atoms with Crippen molar-refractivity contribution < 1.29 is 14.7 Å². The molecule has 2 N–H and O–H groups in total. The Morgan fingerprint density at radius 3 is 2.62 bits per heavy atom. The first-order valence-corrected chi connectivity index (χ1v) is 4.39. The molecule has 0 atom stereocenters. The van der Waals surface area contributed by atoms with Gasteiger partial charge in [-0.25, -0.2) is 9.69 Å². The second-order valence-corrected chi connectivity index (χ2v) is 3.23. The third-order valence-electron chi connectivity index (χ3n) is 2.29. The lowest BCUT2D eigenvalue weighted by molar-refractivity contribution is -0.116. The van der Waals surface area contributed by atoms with E-state index >= 15 is 0 Å². The molecule has 1 aliphatic rings. The highest BCUT2D eigenvalue weighted by Crippen LogP contribution is 2.12. The van der Waals surface area contributed by atoms with Gasteiger partial charge in [-0.1, -0.05) is 0 Å². The Kier molecular flexibility index (Phi) is 3.70. The molecule has 0 bridgehead atoms. The van der Waals surface area contributed by atoms with E-state index in [1.54, 1.807) is 0 Å². The monoisotopic (exact) mass is 186 g/mol. The molecule has 0 radical (unpaired) electrons. The average Bonchev–Trinajstić information content (AvgIpc) is 2.15. The Labute approximate surface area is 76.7 Å². The van der Waals surface area contributed by atoms with E-state index in [0.29, 0.717) is 18.9 Å². The van der Waals surface area contributed by atoms with Gasteiger partial charge in [-0.3, -0.25) is 4.79 Å². The molecular weight excluding hydrogens is 172 g/mol. The quantitative estimate of drug-likeness (QED) is 0.614. The van der Waals surface area contributed by atoms with Crippen molar-refractivity contribution in [3.05, 3.63) is 0 Å². The van der Waals surface area contributed by atoms with Crippen LogP contribution in [0.4, 0.5) is 4.79 Å². The molecule has 0 spiro atoms. The topological polar surface area (TPSA) is 69.6 Å². The van der Waals surface area contributed by atoms with Crippen LogP contribution in [0.5, 0.6) is 0 Å². The summed E-state index contributed by atoms with van der Waals surface area (Å²) < 4.78 is 0. The van der Waals surface area contributed by atoms with E-state index < -0.39 is 6.09 Å². The van der Waals surface area contributed by atoms with Gasteiger partial charge >= 0.3 is 6.09 Å². The zero-order valence-corrected chi connectivity index (χ0v) is 7.40. The molecule has 0 aromatic rings. The van der Waals surface area contributed by atoms with Crippen molar-refractivity contribution in [2.24, 2.45) is 5.92 Å². The van der Waals surface area contributed by atoms with E-state index in [1.165, 1.54) is 0 Å². The van der Waals surface area contributed by atoms with Crippen molar-refractivity contribution in [2.75, 3.05) is 19.6 Å². The molecular formula is C8H14N2O3. The van der Waals surface area contributed by atoms with Crippen LogP contribution in [0, 0.1) is 5.92 Å². The van der Waals surface area contributed by atoms with Crippen LogP contribution in [-0.4, -0.2) is 42.1 Å². The number of carbonyl (C=O) groups is 2. The van der Waals surface area contributed by atoms with Crippen LogP contribution in [0.15, 0.2) is 0 Å². The lowest BCUT2D eigenvalue weighted by Gasteiger charge is -2.25. The summed E-state index contributed by atoms with van der Waals surface area (Å²) in [4.78, 5) is 21.6. The number of hydrogen-bond donors (Lipinski definition) is 2. The zero-order chi connectivity index (χ0) is 9.68. The normalized spacial score (nSPS) is 18.2. The van der Waals surface area contributed by atoms with Gasteiger partial charge in [-0.15, -0.1) is 0 Å². The van der Waals surface area contributed by atoms with E-state index in [9.17, 15) is 9.59 Å². The van der Waals surface area contributed by atoms with E-state index in [-0.39, 0.29) is 0 Å². The third kappa shape index (κ3) is 3.02. The minimum atomic E-state index is -1.16. The smallest absolute Gasteiger partial charge is 0.413 e. The maximum atomic E-state index is 10.5. The summed E-state index contributed by atoms with van der Waals surface area (Å²) in [7, 11) is 0. The molecule has 1 saturated heterocycles. The zero-order valence-electron chi connectivity index (χ0n) is 7.40. The van der Waals surface area contributed by atoms with Crippen LogP contribution in [0.1, 0.15) is 12.8 Å². The van der Waals surface area contributed by atoms with Crippen molar-refractivity contribution in [2.45, 2.75) is 12.8 Å². The first-order valence-electron chi connectivity index (χ1n) is 4.39. The van der Waals surface area contributed by atoms with Crippen molar-refractivity contribution in [1.29, 1.82) is 0 Å². The molecule has 5 nitrogen and oxygen atoms in total. The Balaban J connectivity index is 2.35. The first kappa shape index (κ1) is 9.98. The van der Waals surface area contributed by atoms with Crippen LogP contribution in [0.25, 0.3) is 0 Å². The molecule has 74 valence electrons. The Hall–Kier alpha value is -1.10. The van der Waals surface area contributed by atoms with Crippen LogP contribution >= 0.6 is 0 Å². The summed E-state index contributed by atoms with van der Waals surface area (Å²) >= 11 is 0. The fourth-order valence-corrected chi connectivity index (χ4v) is 1.51. The van der Waals surface area contributed by atoms with Gasteiger partial charge in [0.1, 0.15) is 0 Å². The second kappa shape index (κ2) is 4.81. The molecule has 13 heavy (non-hydrogen) atoms. The molecule has 2 amide bonds.